The van der Waals surface area contributed by atoms with Gasteiger partial charge < -0.3 is 0 Å². The predicted molar refractivity (Wildman–Crippen MR) is 87.8 cm³/mol. The number of benzene rings is 2. The van der Waals surface area contributed by atoms with Crippen LogP contribution in [-0.4, -0.2) is 21.6 Å². The van der Waals surface area contributed by atoms with E-state index in [1.807, 2.05) is 18.2 Å². The second kappa shape index (κ2) is 8.90. The minimum atomic E-state index is 0.250. The molecule has 0 aliphatic carbocycles. The summed E-state index contributed by atoms with van der Waals surface area (Å²) in [4.78, 5) is 16.2. The molecule has 0 spiro atoms. The summed E-state index contributed by atoms with van der Waals surface area (Å²) < 4.78 is 0. The maximum absolute atomic E-state index is 8.12. The quantitative estimate of drug-likeness (QED) is 0.727. The zero-order chi connectivity index (χ0) is 16.5. The first-order chi connectivity index (χ1) is 11.2. The lowest BCUT2D eigenvalue weighted by molar-refractivity contribution is -0.191. The molecule has 0 saturated carbocycles. The Morgan fingerprint density at radius 2 is 1.83 bits per heavy atom. The fourth-order valence-corrected chi connectivity index (χ4v) is 2.81. The van der Waals surface area contributed by atoms with Gasteiger partial charge in [-0.3, -0.25) is 0 Å². The van der Waals surface area contributed by atoms with Crippen LogP contribution in [0.3, 0.4) is 0 Å². The molecule has 0 amide bonds. The summed E-state index contributed by atoms with van der Waals surface area (Å²) in [6.45, 7) is 0. The van der Waals surface area contributed by atoms with Gasteiger partial charge in [-0.05, 0) is 28.8 Å². The lowest BCUT2D eigenvalue weighted by atomic mass is 10.0. The molecule has 23 heavy (non-hydrogen) atoms. The summed E-state index contributed by atoms with van der Waals surface area (Å²) in [6, 6.07) is 16.4. The summed E-state index contributed by atoms with van der Waals surface area (Å²) >= 11 is 7.67. The highest BCUT2D eigenvalue weighted by atomic mass is 35.5. The fourth-order valence-electron chi connectivity index (χ4n) is 1.88. The molecule has 1 aromatic heterocycles. The Morgan fingerprint density at radius 3 is 2.43 bits per heavy atom. The van der Waals surface area contributed by atoms with Gasteiger partial charge in [0.05, 0.1) is 6.20 Å². The molecular weight excluding hydrogens is 334 g/mol. The van der Waals surface area contributed by atoms with Crippen molar-refractivity contribution in [2.75, 3.05) is 0 Å². The van der Waals surface area contributed by atoms with Gasteiger partial charge in [-0.1, -0.05) is 59.8 Å². The highest BCUT2D eigenvalue weighted by molar-refractivity contribution is 7.98. The van der Waals surface area contributed by atoms with E-state index in [0.29, 0.717) is 0 Å². The van der Waals surface area contributed by atoms with E-state index in [4.69, 9.17) is 21.2 Å². The van der Waals surface area contributed by atoms with Crippen molar-refractivity contribution in [3.8, 4) is 11.1 Å². The lowest BCUT2D eigenvalue weighted by Gasteiger charge is -2.04. The second-order valence-electron chi connectivity index (χ2n) is 4.39. The van der Waals surface area contributed by atoms with Gasteiger partial charge in [-0.25, -0.2) is 0 Å². The van der Waals surface area contributed by atoms with Crippen LogP contribution >= 0.6 is 23.4 Å². The highest BCUT2D eigenvalue weighted by Crippen LogP contribution is 2.25. The van der Waals surface area contributed by atoms with Gasteiger partial charge in [0, 0.05) is 10.8 Å². The normalized spacial score (nSPS) is 9.61. The summed E-state index contributed by atoms with van der Waals surface area (Å²) in [5, 5.41) is 12.1. The number of halogens is 1. The monoisotopic (exact) mass is 345 g/mol. The maximum Gasteiger partial charge on any atom is 0.373 e. The Hall–Kier alpha value is -2.40. The first-order valence-corrected chi connectivity index (χ1v) is 7.92. The zero-order valence-corrected chi connectivity index (χ0v) is 13.5. The summed E-state index contributed by atoms with van der Waals surface area (Å²) in [6.07, 6.45) is 1.98. The Bertz CT molecular complexity index is 770. The molecule has 0 saturated heterocycles. The molecule has 0 aliphatic rings. The average molecular weight is 346 g/mol. The third-order valence-electron chi connectivity index (χ3n) is 2.89. The standard InChI is InChI=1S/C15H12ClN3S.CO2/c16-14-3-1-2-13(8-14)12-6-4-11(5-7-12)10-20-15-9-17-19-18-15;2-1-3/h1-9H,10H2,(H,17,18,19);. The third kappa shape index (κ3) is 5.38. The van der Waals surface area contributed by atoms with Crippen molar-refractivity contribution in [2.24, 2.45) is 0 Å². The smallest absolute Gasteiger partial charge is 0.197 e. The van der Waals surface area contributed by atoms with Crippen molar-refractivity contribution in [2.45, 2.75) is 10.8 Å². The molecule has 1 heterocycles. The van der Waals surface area contributed by atoms with Crippen molar-refractivity contribution in [3.05, 3.63) is 65.3 Å². The molecule has 3 aromatic rings. The van der Waals surface area contributed by atoms with Crippen LogP contribution in [0.4, 0.5) is 0 Å². The second-order valence-corrected chi connectivity index (χ2v) is 5.82. The number of H-pyrrole nitrogens is 1. The average Bonchev–Trinajstić information content (AvgIpc) is 3.08. The lowest BCUT2D eigenvalue weighted by Crippen LogP contribution is -1.83. The van der Waals surface area contributed by atoms with Crippen molar-refractivity contribution in [1.29, 1.82) is 0 Å². The molecule has 1 N–H and O–H groups in total. The number of rotatable bonds is 4. The van der Waals surface area contributed by atoms with Crippen molar-refractivity contribution < 1.29 is 9.59 Å². The highest BCUT2D eigenvalue weighted by Gasteiger charge is 2.01. The van der Waals surface area contributed by atoms with Gasteiger partial charge in [-0.2, -0.15) is 19.9 Å². The molecule has 2 aromatic carbocycles. The largest absolute Gasteiger partial charge is 0.373 e. The number of aromatic amines is 1. The van der Waals surface area contributed by atoms with Crippen LogP contribution in [0.5, 0.6) is 0 Å². The van der Waals surface area contributed by atoms with E-state index >= 15 is 0 Å². The SMILES string of the molecule is Clc1cccc(-c2ccc(CSc3cn[nH]n3)cc2)c1.O=C=O. The summed E-state index contributed by atoms with van der Waals surface area (Å²) in [7, 11) is 0. The molecule has 0 aliphatic heterocycles. The van der Waals surface area contributed by atoms with Gasteiger partial charge in [0.25, 0.3) is 0 Å². The van der Waals surface area contributed by atoms with Crippen LogP contribution in [0.1, 0.15) is 5.56 Å². The molecule has 3 rings (SSSR count). The van der Waals surface area contributed by atoms with Crippen LogP contribution < -0.4 is 0 Å². The van der Waals surface area contributed by atoms with Gasteiger partial charge in [-0.15, -0.1) is 5.10 Å². The first kappa shape index (κ1) is 17.0. The topological polar surface area (TPSA) is 75.7 Å². The molecule has 116 valence electrons. The van der Waals surface area contributed by atoms with Gasteiger partial charge >= 0.3 is 6.15 Å². The molecule has 7 heteroatoms. The van der Waals surface area contributed by atoms with Crippen LogP contribution in [-0.2, 0) is 15.3 Å². The zero-order valence-electron chi connectivity index (χ0n) is 11.9. The Morgan fingerprint density at radius 1 is 1.09 bits per heavy atom. The van der Waals surface area contributed by atoms with Gasteiger partial charge in [0.1, 0.15) is 5.03 Å². The fraction of sp³-hybridized carbons (Fsp3) is 0.0625. The van der Waals surface area contributed by atoms with E-state index < -0.39 is 0 Å². The molecule has 0 bridgehead atoms. The summed E-state index contributed by atoms with van der Waals surface area (Å²) in [5.74, 6) is 0.877. The molecule has 0 atom stereocenters. The van der Waals surface area contributed by atoms with Gasteiger partial charge in [0.15, 0.2) is 0 Å². The number of aromatic nitrogens is 3. The van der Waals surface area contributed by atoms with Crippen LogP contribution in [0.25, 0.3) is 11.1 Å². The van der Waals surface area contributed by atoms with Crippen LogP contribution in [0, 0.1) is 0 Å². The molecule has 0 unspecified atom stereocenters. The number of nitrogens with one attached hydrogen (secondary N) is 1. The minimum absolute atomic E-state index is 0.250. The van der Waals surface area contributed by atoms with E-state index in [2.05, 4.69) is 45.7 Å². The van der Waals surface area contributed by atoms with E-state index in [0.717, 1.165) is 21.4 Å². The van der Waals surface area contributed by atoms with Crippen molar-refractivity contribution in [3.63, 3.8) is 0 Å². The number of nitrogens with zero attached hydrogens (tertiary/aromatic N) is 2. The number of hydrogen-bond donors (Lipinski definition) is 1. The Balaban J connectivity index is 0.000000595. The van der Waals surface area contributed by atoms with Crippen LogP contribution in [0.15, 0.2) is 59.8 Å². The number of thioether (sulfide) groups is 1. The van der Waals surface area contributed by atoms with E-state index in [9.17, 15) is 0 Å². The van der Waals surface area contributed by atoms with E-state index in [1.54, 1.807) is 18.0 Å². The Labute approximate surface area is 142 Å². The third-order valence-corrected chi connectivity index (χ3v) is 4.10. The van der Waals surface area contributed by atoms with Gasteiger partial charge in [0.2, 0.25) is 0 Å². The minimum Gasteiger partial charge on any atom is -0.197 e. The van der Waals surface area contributed by atoms with E-state index in [-0.39, 0.29) is 6.15 Å². The predicted octanol–water partition coefficient (Wildman–Crippen LogP) is 3.83. The van der Waals surface area contributed by atoms with Crippen molar-refractivity contribution in [1.82, 2.24) is 15.4 Å². The summed E-state index contributed by atoms with van der Waals surface area (Å²) in [5.41, 5.74) is 3.56. The number of carbonyl (C=O) groups excluding carboxylic acids is 2. The molecule has 5 nitrogen and oxygen atoms in total. The molecule has 0 fully saturated rings. The maximum atomic E-state index is 8.12. The Kier molecular flexibility index (Phi) is 6.56. The van der Waals surface area contributed by atoms with Crippen molar-refractivity contribution >= 4 is 29.5 Å². The molecular formula is C16H12ClN3O2S. The van der Waals surface area contributed by atoms with Crippen LogP contribution in [0.2, 0.25) is 5.02 Å². The molecule has 0 radical (unpaired) electrons. The first-order valence-electron chi connectivity index (χ1n) is 6.55. The number of hydrogen-bond acceptors (Lipinski definition) is 5. The van der Waals surface area contributed by atoms with E-state index in [1.165, 1.54) is 11.1 Å².